The van der Waals surface area contributed by atoms with Gasteiger partial charge in [-0.15, -0.1) is 11.3 Å². The standard InChI is InChI=1S/C26H25N3OS/c30-25(16-21-18-31-26(28-21)24-14-5-6-15-27-24)29(22-11-2-3-12-22)17-20-10-7-9-19-8-1-4-13-23(19)20/h1,4-10,13-15,18,22H,2-3,11-12,16-17H2. The minimum Gasteiger partial charge on any atom is -0.335 e. The van der Waals surface area contributed by atoms with Crippen molar-refractivity contribution >= 4 is 28.0 Å². The second-order valence-electron chi connectivity index (χ2n) is 8.13. The van der Waals surface area contributed by atoms with Gasteiger partial charge in [0, 0.05) is 24.2 Å². The Morgan fingerprint density at radius 2 is 1.81 bits per heavy atom. The zero-order chi connectivity index (χ0) is 21.0. The van der Waals surface area contributed by atoms with Crippen molar-refractivity contribution in [3.8, 4) is 10.7 Å². The summed E-state index contributed by atoms with van der Waals surface area (Å²) in [4.78, 5) is 24.6. The van der Waals surface area contributed by atoms with Crippen molar-refractivity contribution in [3.63, 3.8) is 0 Å². The van der Waals surface area contributed by atoms with Crippen LogP contribution in [0.2, 0.25) is 0 Å². The number of aromatic nitrogens is 2. The highest BCUT2D eigenvalue weighted by molar-refractivity contribution is 7.13. The van der Waals surface area contributed by atoms with E-state index in [4.69, 9.17) is 4.98 Å². The largest absolute Gasteiger partial charge is 0.335 e. The molecule has 1 aliphatic rings. The van der Waals surface area contributed by atoms with Gasteiger partial charge < -0.3 is 4.90 Å². The predicted molar refractivity (Wildman–Crippen MR) is 126 cm³/mol. The van der Waals surface area contributed by atoms with Crippen molar-refractivity contribution in [2.24, 2.45) is 0 Å². The first-order valence-corrected chi connectivity index (χ1v) is 11.8. The van der Waals surface area contributed by atoms with Gasteiger partial charge in [0.25, 0.3) is 0 Å². The Labute approximate surface area is 186 Å². The first-order valence-electron chi connectivity index (χ1n) is 10.9. The lowest BCUT2D eigenvalue weighted by Gasteiger charge is -2.29. The Balaban J connectivity index is 1.39. The van der Waals surface area contributed by atoms with E-state index in [-0.39, 0.29) is 5.91 Å². The number of benzene rings is 2. The van der Waals surface area contributed by atoms with Crippen LogP contribution in [-0.2, 0) is 17.8 Å². The fraction of sp³-hybridized carbons (Fsp3) is 0.269. The molecule has 1 aliphatic carbocycles. The number of fused-ring (bicyclic) bond motifs is 1. The Morgan fingerprint density at radius 3 is 2.65 bits per heavy atom. The maximum Gasteiger partial charge on any atom is 0.229 e. The molecule has 156 valence electrons. The molecule has 0 N–H and O–H groups in total. The summed E-state index contributed by atoms with van der Waals surface area (Å²) in [6, 6.07) is 20.9. The van der Waals surface area contributed by atoms with Gasteiger partial charge in [0.2, 0.25) is 5.91 Å². The second kappa shape index (κ2) is 8.98. The van der Waals surface area contributed by atoms with Crippen molar-refractivity contribution in [3.05, 3.63) is 83.5 Å². The van der Waals surface area contributed by atoms with E-state index in [9.17, 15) is 4.79 Å². The summed E-state index contributed by atoms with van der Waals surface area (Å²) in [5.41, 5.74) is 2.90. The summed E-state index contributed by atoms with van der Waals surface area (Å²) < 4.78 is 0. The molecule has 1 fully saturated rings. The van der Waals surface area contributed by atoms with Crippen LogP contribution in [0.15, 0.2) is 72.2 Å². The number of amides is 1. The van der Waals surface area contributed by atoms with E-state index in [0.717, 1.165) is 29.2 Å². The lowest BCUT2D eigenvalue weighted by Crippen LogP contribution is -2.39. The molecule has 1 amide bonds. The number of carbonyl (C=O) groups is 1. The first-order chi connectivity index (χ1) is 15.3. The molecule has 4 aromatic rings. The molecule has 5 rings (SSSR count). The zero-order valence-corrected chi connectivity index (χ0v) is 18.2. The lowest BCUT2D eigenvalue weighted by molar-refractivity contribution is -0.133. The van der Waals surface area contributed by atoms with Gasteiger partial charge >= 0.3 is 0 Å². The van der Waals surface area contributed by atoms with Crippen molar-refractivity contribution in [2.45, 2.75) is 44.7 Å². The molecular weight excluding hydrogens is 402 g/mol. The third kappa shape index (κ3) is 4.37. The third-order valence-electron chi connectivity index (χ3n) is 6.07. The van der Waals surface area contributed by atoms with Crippen LogP contribution in [0.1, 0.15) is 36.9 Å². The van der Waals surface area contributed by atoms with E-state index in [1.165, 1.54) is 29.2 Å². The van der Waals surface area contributed by atoms with Gasteiger partial charge in [0.1, 0.15) is 5.01 Å². The van der Waals surface area contributed by atoms with Gasteiger partial charge in [0.15, 0.2) is 0 Å². The van der Waals surface area contributed by atoms with Crippen LogP contribution < -0.4 is 0 Å². The SMILES string of the molecule is O=C(Cc1csc(-c2ccccn2)n1)N(Cc1cccc2ccccc12)C1CCCC1. The van der Waals surface area contributed by atoms with E-state index < -0.39 is 0 Å². The van der Waals surface area contributed by atoms with Crippen LogP contribution in [0.4, 0.5) is 0 Å². The van der Waals surface area contributed by atoms with Crippen LogP contribution in [0, 0.1) is 0 Å². The van der Waals surface area contributed by atoms with Gasteiger partial charge in [-0.3, -0.25) is 9.78 Å². The molecule has 5 heteroatoms. The molecule has 0 saturated heterocycles. The molecule has 1 saturated carbocycles. The van der Waals surface area contributed by atoms with Crippen LogP contribution >= 0.6 is 11.3 Å². The summed E-state index contributed by atoms with van der Waals surface area (Å²) in [7, 11) is 0. The van der Waals surface area contributed by atoms with Gasteiger partial charge in [-0.05, 0) is 41.3 Å². The van der Waals surface area contributed by atoms with Crippen molar-refractivity contribution < 1.29 is 4.79 Å². The molecule has 2 aromatic carbocycles. The monoisotopic (exact) mass is 427 g/mol. The Hall–Kier alpha value is -3.05. The summed E-state index contributed by atoms with van der Waals surface area (Å²) >= 11 is 1.55. The van der Waals surface area contributed by atoms with E-state index >= 15 is 0 Å². The third-order valence-corrected chi connectivity index (χ3v) is 6.99. The van der Waals surface area contributed by atoms with Crippen molar-refractivity contribution in [2.75, 3.05) is 0 Å². The molecule has 31 heavy (non-hydrogen) atoms. The van der Waals surface area contributed by atoms with Crippen LogP contribution in [0.25, 0.3) is 21.5 Å². The number of rotatable bonds is 6. The number of pyridine rings is 1. The van der Waals surface area contributed by atoms with Crippen LogP contribution in [0.5, 0.6) is 0 Å². The molecule has 0 atom stereocenters. The lowest BCUT2D eigenvalue weighted by atomic mass is 10.0. The van der Waals surface area contributed by atoms with Gasteiger partial charge in [-0.1, -0.05) is 61.4 Å². The quantitative estimate of drug-likeness (QED) is 0.386. The van der Waals surface area contributed by atoms with Crippen LogP contribution in [0.3, 0.4) is 0 Å². The summed E-state index contributed by atoms with van der Waals surface area (Å²) in [6.07, 6.45) is 6.69. The van der Waals surface area contributed by atoms with E-state index in [1.807, 2.05) is 23.6 Å². The zero-order valence-electron chi connectivity index (χ0n) is 17.4. The number of hydrogen-bond donors (Lipinski definition) is 0. The fourth-order valence-corrected chi connectivity index (χ4v) is 5.30. The maximum absolute atomic E-state index is 13.5. The van der Waals surface area contributed by atoms with Gasteiger partial charge in [-0.2, -0.15) is 0 Å². The summed E-state index contributed by atoms with van der Waals surface area (Å²) in [5, 5.41) is 5.31. The van der Waals surface area contributed by atoms with Crippen molar-refractivity contribution in [1.29, 1.82) is 0 Å². The molecular formula is C26H25N3OS. The topological polar surface area (TPSA) is 46.1 Å². The molecule has 0 bridgehead atoms. The number of hydrogen-bond acceptors (Lipinski definition) is 4. The van der Waals surface area contributed by atoms with Gasteiger partial charge in [0.05, 0.1) is 17.8 Å². The Morgan fingerprint density at radius 1 is 1.00 bits per heavy atom. The average molecular weight is 428 g/mol. The Bertz CT molecular complexity index is 1180. The highest BCUT2D eigenvalue weighted by Crippen LogP contribution is 2.28. The molecule has 0 spiro atoms. The molecule has 2 aromatic heterocycles. The highest BCUT2D eigenvalue weighted by Gasteiger charge is 2.27. The minimum absolute atomic E-state index is 0.165. The number of thiazole rings is 1. The number of carbonyl (C=O) groups excluding carboxylic acids is 1. The van der Waals surface area contributed by atoms with E-state index in [1.54, 1.807) is 17.5 Å². The Kier molecular flexibility index (Phi) is 5.76. The first kappa shape index (κ1) is 19.9. The minimum atomic E-state index is 0.165. The number of nitrogens with zero attached hydrogens (tertiary/aromatic N) is 3. The maximum atomic E-state index is 13.5. The molecule has 0 unspecified atom stereocenters. The predicted octanol–water partition coefficient (Wildman–Crippen LogP) is 5.87. The van der Waals surface area contributed by atoms with Crippen LogP contribution in [-0.4, -0.2) is 26.8 Å². The molecule has 4 nitrogen and oxygen atoms in total. The fourth-order valence-electron chi connectivity index (χ4n) is 4.50. The molecule has 2 heterocycles. The van der Waals surface area contributed by atoms with Gasteiger partial charge in [-0.25, -0.2) is 4.98 Å². The van der Waals surface area contributed by atoms with E-state index in [0.29, 0.717) is 19.0 Å². The summed E-state index contributed by atoms with van der Waals surface area (Å²) in [6.45, 7) is 0.655. The average Bonchev–Trinajstić information content (AvgIpc) is 3.51. The smallest absolute Gasteiger partial charge is 0.229 e. The molecule has 0 radical (unpaired) electrons. The summed E-state index contributed by atoms with van der Waals surface area (Å²) in [5.74, 6) is 0.165. The van der Waals surface area contributed by atoms with E-state index in [2.05, 4.69) is 52.3 Å². The highest BCUT2D eigenvalue weighted by atomic mass is 32.1. The second-order valence-corrected chi connectivity index (χ2v) is 8.99. The van der Waals surface area contributed by atoms with Crippen molar-refractivity contribution in [1.82, 2.24) is 14.9 Å². The molecule has 0 aliphatic heterocycles. The normalized spacial score (nSPS) is 14.2.